The van der Waals surface area contributed by atoms with Crippen molar-refractivity contribution in [3.8, 4) is 11.1 Å². The lowest BCUT2D eigenvalue weighted by Gasteiger charge is -2.39. The van der Waals surface area contributed by atoms with E-state index in [-0.39, 0.29) is 11.5 Å². The van der Waals surface area contributed by atoms with Gasteiger partial charge in [-0.3, -0.25) is 4.79 Å². The van der Waals surface area contributed by atoms with Gasteiger partial charge in [0.1, 0.15) is 5.60 Å². The van der Waals surface area contributed by atoms with Crippen LogP contribution in [0.4, 0.5) is 0 Å². The lowest BCUT2D eigenvalue weighted by Crippen LogP contribution is -2.54. The van der Waals surface area contributed by atoms with Gasteiger partial charge in [0.15, 0.2) is 0 Å². The van der Waals surface area contributed by atoms with Gasteiger partial charge < -0.3 is 19.5 Å². The summed E-state index contributed by atoms with van der Waals surface area (Å²) in [6.45, 7) is 2.62. The van der Waals surface area contributed by atoms with E-state index in [9.17, 15) is 14.7 Å². The van der Waals surface area contributed by atoms with Crippen LogP contribution in [0.1, 0.15) is 27.1 Å². The molecule has 0 radical (unpaired) electrons. The lowest BCUT2D eigenvalue weighted by molar-refractivity contribution is -0.0995. The molecule has 4 rings (SSSR count). The van der Waals surface area contributed by atoms with Crippen LogP contribution in [0.2, 0.25) is 0 Å². The molecule has 1 atom stereocenters. The summed E-state index contributed by atoms with van der Waals surface area (Å²) in [7, 11) is 0. The molecule has 0 saturated carbocycles. The van der Waals surface area contributed by atoms with Crippen molar-refractivity contribution < 1.29 is 24.2 Å². The van der Waals surface area contributed by atoms with Gasteiger partial charge in [0.25, 0.3) is 5.91 Å². The Hall–Kier alpha value is -2.70. The number of carbonyl (C=O) groups excluding carboxylic acids is 1. The highest BCUT2D eigenvalue weighted by atomic mass is 16.6. The van der Waals surface area contributed by atoms with E-state index in [1.165, 1.54) is 0 Å². The molecule has 6 nitrogen and oxygen atoms in total. The van der Waals surface area contributed by atoms with Crippen LogP contribution in [0.5, 0.6) is 0 Å². The molecule has 6 heteroatoms. The number of hydrogen-bond donors (Lipinski definition) is 1. The van der Waals surface area contributed by atoms with E-state index in [0.29, 0.717) is 49.6 Å². The second-order valence-electron chi connectivity index (χ2n) is 6.96. The molecule has 2 aliphatic heterocycles. The lowest BCUT2D eigenvalue weighted by atomic mass is 9.94. The highest BCUT2D eigenvalue weighted by Crippen LogP contribution is 2.31. The summed E-state index contributed by atoms with van der Waals surface area (Å²) in [5.41, 5.74) is 1.44. The van der Waals surface area contributed by atoms with Crippen molar-refractivity contribution in [2.75, 3.05) is 32.9 Å². The fraction of sp³-hybridized carbons (Fsp3) is 0.333. The molecule has 2 aromatic rings. The van der Waals surface area contributed by atoms with E-state index >= 15 is 0 Å². The van der Waals surface area contributed by atoms with Crippen molar-refractivity contribution in [2.24, 2.45) is 0 Å². The van der Waals surface area contributed by atoms with Crippen molar-refractivity contribution in [2.45, 2.75) is 12.0 Å². The van der Waals surface area contributed by atoms with Gasteiger partial charge >= 0.3 is 5.97 Å². The Morgan fingerprint density at radius 2 is 1.63 bits per heavy atom. The number of aromatic carboxylic acids is 1. The average Bonchev–Trinajstić information content (AvgIpc) is 3.14. The van der Waals surface area contributed by atoms with E-state index in [1.807, 2.05) is 6.07 Å². The molecule has 1 spiro atoms. The Labute approximate surface area is 157 Å². The molecule has 0 aromatic heterocycles. The minimum Gasteiger partial charge on any atom is -0.478 e. The molecular formula is C21H21NO5. The molecule has 0 bridgehead atoms. The van der Waals surface area contributed by atoms with Crippen LogP contribution in [-0.4, -0.2) is 60.4 Å². The van der Waals surface area contributed by atoms with Gasteiger partial charge in [-0.15, -0.1) is 0 Å². The van der Waals surface area contributed by atoms with Crippen LogP contribution >= 0.6 is 0 Å². The van der Waals surface area contributed by atoms with Gasteiger partial charge in [-0.2, -0.15) is 0 Å². The van der Waals surface area contributed by atoms with Crippen molar-refractivity contribution in [3.05, 3.63) is 59.7 Å². The normalized spacial score (nSPS) is 22.1. The summed E-state index contributed by atoms with van der Waals surface area (Å²) in [6, 6.07) is 13.9. The molecule has 1 amide bonds. The van der Waals surface area contributed by atoms with Crippen molar-refractivity contribution in [1.29, 1.82) is 0 Å². The Morgan fingerprint density at radius 1 is 0.963 bits per heavy atom. The quantitative estimate of drug-likeness (QED) is 0.903. The minimum atomic E-state index is -1.01. The van der Waals surface area contributed by atoms with Crippen molar-refractivity contribution >= 4 is 11.9 Å². The van der Waals surface area contributed by atoms with Crippen LogP contribution in [-0.2, 0) is 9.47 Å². The molecule has 2 heterocycles. The van der Waals surface area contributed by atoms with Crippen molar-refractivity contribution in [1.82, 2.24) is 4.90 Å². The zero-order valence-corrected chi connectivity index (χ0v) is 14.9. The topological polar surface area (TPSA) is 76.1 Å². The van der Waals surface area contributed by atoms with Gasteiger partial charge in [-0.05, 0) is 23.3 Å². The number of benzene rings is 2. The molecule has 2 aliphatic rings. The summed E-state index contributed by atoms with van der Waals surface area (Å²) in [5, 5.41) is 9.52. The molecule has 27 heavy (non-hydrogen) atoms. The van der Waals surface area contributed by atoms with E-state index in [4.69, 9.17) is 9.47 Å². The zero-order chi connectivity index (χ0) is 18.9. The van der Waals surface area contributed by atoms with Crippen LogP contribution in [0.25, 0.3) is 11.1 Å². The molecule has 2 fully saturated rings. The standard InChI is InChI=1S/C21H21NO5/c23-19(22-10-12-27-21(13-22)9-11-26-14-21)17-7-3-1-5-15(17)16-6-2-4-8-18(16)20(24)25/h1-8H,9-14H2,(H,24,25). The maximum atomic E-state index is 13.3. The Morgan fingerprint density at radius 3 is 2.30 bits per heavy atom. The molecule has 0 aliphatic carbocycles. The smallest absolute Gasteiger partial charge is 0.336 e. The third-order valence-electron chi connectivity index (χ3n) is 5.21. The number of carboxylic acids is 1. The number of morpholine rings is 1. The van der Waals surface area contributed by atoms with Gasteiger partial charge in [-0.25, -0.2) is 4.79 Å². The van der Waals surface area contributed by atoms with E-state index in [2.05, 4.69) is 0 Å². The maximum absolute atomic E-state index is 13.3. The summed E-state index contributed by atoms with van der Waals surface area (Å²) < 4.78 is 11.4. The van der Waals surface area contributed by atoms with Crippen molar-refractivity contribution in [3.63, 3.8) is 0 Å². The number of rotatable bonds is 3. The third-order valence-corrected chi connectivity index (χ3v) is 5.21. The number of nitrogens with zero attached hydrogens (tertiary/aromatic N) is 1. The van der Waals surface area contributed by atoms with Gasteiger partial charge in [0, 0.05) is 25.1 Å². The predicted octanol–water partition coefficient (Wildman–Crippen LogP) is 2.68. The molecule has 1 unspecified atom stereocenters. The summed E-state index contributed by atoms with van der Waals surface area (Å²) in [4.78, 5) is 26.7. The van der Waals surface area contributed by atoms with Crippen LogP contribution in [0.3, 0.4) is 0 Å². The Bertz CT molecular complexity index is 872. The van der Waals surface area contributed by atoms with Crippen LogP contribution < -0.4 is 0 Å². The van der Waals surface area contributed by atoms with Gasteiger partial charge in [0.05, 0.1) is 25.3 Å². The second kappa shape index (κ2) is 7.13. The highest BCUT2D eigenvalue weighted by Gasteiger charge is 2.42. The van der Waals surface area contributed by atoms with Crippen LogP contribution in [0.15, 0.2) is 48.5 Å². The average molecular weight is 367 g/mol. The fourth-order valence-corrected chi connectivity index (χ4v) is 3.82. The van der Waals surface area contributed by atoms with E-state index in [0.717, 1.165) is 6.42 Å². The SMILES string of the molecule is O=C(O)c1ccccc1-c1ccccc1C(=O)N1CCOC2(CCOC2)C1. The Balaban J connectivity index is 1.69. The second-order valence-corrected chi connectivity index (χ2v) is 6.96. The van der Waals surface area contributed by atoms with Gasteiger partial charge in [0.2, 0.25) is 0 Å². The van der Waals surface area contributed by atoms with Gasteiger partial charge in [-0.1, -0.05) is 36.4 Å². The Kier molecular flexibility index (Phi) is 4.68. The maximum Gasteiger partial charge on any atom is 0.336 e. The number of ether oxygens (including phenoxy) is 2. The fourth-order valence-electron chi connectivity index (χ4n) is 3.82. The molecule has 140 valence electrons. The van der Waals surface area contributed by atoms with Crippen LogP contribution in [0, 0.1) is 0 Å². The third kappa shape index (κ3) is 3.34. The number of carbonyl (C=O) groups is 2. The summed E-state index contributed by atoms with van der Waals surface area (Å²) in [5.74, 6) is -1.12. The number of carboxylic acid groups (broad SMARTS) is 1. The molecule has 2 saturated heterocycles. The zero-order valence-electron chi connectivity index (χ0n) is 14.9. The largest absolute Gasteiger partial charge is 0.478 e. The summed E-state index contributed by atoms with van der Waals surface area (Å²) >= 11 is 0. The first-order chi connectivity index (χ1) is 13.1. The highest BCUT2D eigenvalue weighted by molar-refractivity contribution is 6.04. The minimum absolute atomic E-state index is 0.111. The first-order valence-electron chi connectivity index (χ1n) is 9.02. The predicted molar refractivity (Wildman–Crippen MR) is 98.9 cm³/mol. The van der Waals surface area contributed by atoms with E-state index in [1.54, 1.807) is 47.4 Å². The first-order valence-corrected chi connectivity index (χ1v) is 9.02. The first kappa shape index (κ1) is 17.7. The number of hydrogen-bond acceptors (Lipinski definition) is 4. The molecule has 1 N–H and O–H groups in total. The van der Waals surface area contributed by atoms with E-state index < -0.39 is 11.6 Å². The molecular weight excluding hydrogens is 346 g/mol. The molecule has 2 aromatic carbocycles. The monoisotopic (exact) mass is 367 g/mol. The number of amides is 1. The summed E-state index contributed by atoms with van der Waals surface area (Å²) in [6.07, 6.45) is 0.778.